The largest absolute Gasteiger partial charge is 0.0622 e. The Balaban J connectivity index is 0.976. The van der Waals surface area contributed by atoms with E-state index in [1.54, 1.807) is 0 Å². The van der Waals surface area contributed by atoms with Crippen LogP contribution in [0.2, 0.25) is 0 Å². The molecule has 0 atom stereocenters. The zero-order chi connectivity index (χ0) is 46.1. The van der Waals surface area contributed by atoms with Crippen molar-refractivity contribution in [1.82, 2.24) is 0 Å². The van der Waals surface area contributed by atoms with E-state index in [1.165, 1.54) is 143 Å². The van der Waals surface area contributed by atoms with E-state index in [-0.39, 0.29) is 0 Å². The molecule has 0 bridgehead atoms. The van der Waals surface area contributed by atoms with E-state index in [4.69, 9.17) is 0 Å². The van der Waals surface area contributed by atoms with Gasteiger partial charge in [-0.2, -0.15) is 0 Å². The predicted octanol–water partition coefficient (Wildman–Crippen LogP) is 19.7. The molecule has 0 nitrogen and oxygen atoms in total. The topological polar surface area (TPSA) is 0 Å². The molecule has 324 valence electrons. The van der Waals surface area contributed by atoms with E-state index >= 15 is 0 Å². The first-order valence-electron chi connectivity index (χ1n) is 24.3. The third-order valence-corrected chi connectivity index (χ3v) is 14.8. The lowest BCUT2D eigenvalue weighted by atomic mass is 9.81. The molecule has 0 aliphatic rings. The third-order valence-electron chi connectivity index (χ3n) is 14.8. The summed E-state index contributed by atoms with van der Waals surface area (Å²) >= 11 is 0. The Morgan fingerprint density at radius 1 is 0.143 bits per heavy atom. The predicted molar refractivity (Wildman–Crippen MR) is 301 cm³/mol. The maximum atomic E-state index is 2.45. The van der Waals surface area contributed by atoms with E-state index < -0.39 is 0 Å². The molecule has 0 N–H and O–H groups in total. The van der Waals surface area contributed by atoms with Crippen LogP contribution in [0.3, 0.4) is 0 Å². The summed E-state index contributed by atoms with van der Waals surface area (Å²) in [4.78, 5) is 0. The minimum Gasteiger partial charge on any atom is -0.0622 e. The molecular formula is C70H44. The zero-order valence-corrected chi connectivity index (χ0v) is 38.4. The van der Waals surface area contributed by atoms with Gasteiger partial charge in [-0.05, 0) is 173 Å². The van der Waals surface area contributed by atoms with Crippen molar-refractivity contribution < 1.29 is 0 Å². The van der Waals surface area contributed by atoms with Gasteiger partial charge in [0, 0.05) is 0 Å². The van der Waals surface area contributed by atoms with Crippen molar-refractivity contribution in [2.75, 3.05) is 0 Å². The Kier molecular flexibility index (Phi) is 9.32. The summed E-state index contributed by atoms with van der Waals surface area (Å²) in [5.74, 6) is 0. The summed E-state index contributed by atoms with van der Waals surface area (Å²) in [5, 5.41) is 15.2. The van der Waals surface area contributed by atoms with Gasteiger partial charge in [0.1, 0.15) is 0 Å². The number of fused-ring (bicyclic) bond motifs is 3. The molecule has 0 aliphatic heterocycles. The molecule has 14 aromatic rings. The van der Waals surface area contributed by atoms with Gasteiger partial charge in [-0.3, -0.25) is 0 Å². The van der Waals surface area contributed by atoms with Crippen molar-refractivity contribution in [2.45, 2.75) is 0 Å². The first-order valence-corrected chi connectivity index (χ1v) is 24.3. The van der Waals surface area contributed by atoms with E-state index in [9.17, 15) is 0 Å². The monoisotopic (exact) mass is 884 g/mol. The molecule has 0 fully saturated rings. The van der Waals surface area contributed by atoms with Gasteiger partial charge in [-0.15, -0.1) is 0 Å². The van der Waals surface area contributed by atoms with Crippen LogP contribution in [0.25, 0.3) is 143 Å². The molecule has 14 rings (SSSR count). The van der Waals surface area contributed by atoms with Crippen molar-refractivity contribution >= 4 is 64.6 Å². The standard InChI is InChI=1S/C70H44/c1-2-13-51(14-3-1)65-43-66(52-27-18-48(19-28-52)58-33-24-45-10-4-7-15-55(45)40-58)62-38-39-64-68(54-31-22-50(23-32-54)60-35-26-47-12-6-9-17-57(47)42-60)44-67(63-37-36-61(65)69(62)70(63)64)53-29-20-49(21-30-53)59-34-25-46-11-5-8-16-56(46)41-59/h1-44H. The molecule has 0 heteroatoms. The van der Waals surface area contributed by atoms with Crippen LogP contribution >= 0.6 is 0 Å². The summed E-state index contributed by atoms with van der Waals surface area (Å²) in [6.45, 7) is 0. The fourth-order valence-corrected chi connectivity index (χ4v) is 11.2. The van der Waals surface area contributed by atoms with Crippen LogP contribution in [-0.4, -0.2) is 0 Å². The lowest BCUT2D eigenvalue weighted by molar-refractivity contribution is 1.60. The van der Waals surface area contributed by atoms with Crippen LogP contribution in [0, 0.1) is 0 Å². The van der Waals surface area contributed by atoms with Crippen molar-refractivity contribution in [2.24, 2.45) is 0 Å². The van der Waals surface area contributed by atoms with Crippen LogP contribution < -0.4 is 0 Å². The van der Waals surface area contributed by atoms with Gasteiger partial charge in [0.25, 0.3) is 0 Å². The molecule has 0 aliphatic carbocycles. The van der Waals surface area contributed by atoms with Crippen LogP contribution in [-0.2, 0) is 0 Å². The molecule has 14 aromatic carbocycles. The molecule has 0 unspecified atom stereocenters. The Morgan fingerprint density at radius 3 is 0.700 bits per heavy atom. The second kappa shape index (κ2) is 16.3. The second-order valence-electron chi connectivity index (χ2n) is 18.8. The van der Waals surface area contributed by atoms with Gasteiger partial charge in [0.2, 0.25) is 0 Å². The third kappa shape index (κ3) is 6.76. The Morgan fingerprint density at radius 2 is 0.386 bits per heavy atom. The van der Waals surface area contributed by atoms with E-state index in [1.807, 2.05) is 0 Å². The maximum Gasteiger partial charge on any atom is -0.00139 e. The van der Waals surface area contributed by atoms with Crippen LogP contribution in [0.5, 0.6) is 0 Å². The molecule has 0 heterocycles. The van der Waals surface area contributed by atoms with Crippen LogP contribution in [0.15, 0.2) is 267 Å². The Hall–Kier alpha value is -9.10. The fourth-order valence-electron chi connectivity index (χ4n) is 11.2. The molecule has 70 heavy (non-hydrogen) atoms. The lowest BCUT2D eigenvalue weighted by Gasteiger charge is -2.22. The number of benzene rings is 14. The Labute approximate surface area is 407 Å². The van der Waals surface area contributed by atoms with Crippen molar-refractivity contribution in [3.8, 4) is 77.9 Å². The first kappa shape index (κ1) is 40.0. The van der Waals surface area contributed by atoms with E-state index in [0.29, 0.717) is 0 Å². The fraction of sp³-hybridized carbons (Fsp3) is 0. The molecule has 0 amide bonds. The summed E-state index contributed by atoms with van der Waals surface area (Å²) in [7, 11) is 0. The van der Waals surface area contributed by atoms with Gasteiger partial charge in [-0.1, -0.05) is 237 Å². The molecule has 0 saturated heterocycles. The van der Waals surface area contributed by atoms with E-state index in [2.05, 4.69) is 267 Å². The van der Waals surface area contributed by atoms with Gasteiger partial charge in [0.15, 0.2) is 0 Å². The van der Waals surface area contributed by atoms with Crippen molar-refractivity contribution in [3.05, 3.63) is 267 Å². The maximum absolute atomic E-state index is 2.45. The van der Waals surface area contributed by atoms with Crippen molar-refractivity contribution in [1.29, 1.82) is 0 Å². The highest BCUT2D eigenvalue weighted by Crippen LogP contribution is 2.49. The van der Waals surface area contributed by atoms with E-state index in [0.717, 1.165) is 0 Å². The second-order valence-corrected chi connectivity index (χ2v) is 18.8. The normalized spacial score (nSPS) is 11.7. The van der Waals surface area contributed by atoms with Gasteiger partial charge < -0.3 is 0 Å². The van der Waals surface area contributed by atoms with Gasteiger partial charge in [-0.25, -0.2) is 0 Å². The van der Waals surface area contributed by atoms with Gasteiger partial charge in [0.05, 0.1) is 0 Å². The minimum absolute atomic E-state index is 1.20. The smallest absolute Gasteiger partial charge is 0.00139 e. The highest BCUT2D eigenvalue weighted by molar-refractivity contribution is 6.32. The number of hydrogen-bond acceptors (Lipinski definition) is 0. The van der Waals surface area contributed by atoms with Gasteiger partial charge >= 0.3 is 0 Å². The zero-order valence-electron chi connectivity index (χ0n) is 38.4. The number of hydrogen-bond donors (Lipinski definition) is 0. The number of rotatable bonds is 7. The summed E-state index contributed by atoms with van der Waals surface area (Å²) in [5.41, 5.74) is 17.0. The Bertz CT molecular complexity index is 4150. The molecular weight excluding hydrogens is 841 g/mol. The SMILES string of the molecule is c1ccc(-c2cc(-c3ccc(-c4ccc5ccccc5c4)cc3)c3ccc4c(-c5ccc(-c6ccc7ccccc7c6)cc5)cc(-c5ccc(-c6ccc7ccccc7c6)cc5)c5ccc2c3c54)cc1. The molecule has 0 saturated carbocycles. The average Bonchev–Trinajstić information content (AvgIpc) is 3.44. The molecule has 0 radical (unpaired) electrons. The highest BCUT2D eigenvalue weighted by atomic mass is 14.2. The highest BCUT2D eigenvalue weighted by Gasteiger charge is 2.21. The average molecular weight is 885 g/mol. The minimum atomic E-state index is 1.20. The lowest BCUT2D eigenvalue weighted by Crippen LogP contribution is -1.94. The summed E-state index contributed by atoms with van der Waals surface area (Å²) in [6.07, 6.45) is 0. The quantitative estimate of drug-likeness (QED) is 0.140. The summed E-state index contributed by atoms with van der Waals surface area (Å²) < 4.78 is 0. The van der Waals surface area contributed by atoms with Crippen LogP contribution in [0.4, 0.5) is 0 Å². The van der Waals surface area contributed by atoms with Crippen molar-refractivity contribution in [3.63, 3.8) is 0 Å². The summed E-state index contributed by atoms with van der Waals surface area (Å²) in [6, 6.07) is 99.1. The van der Waals surface area contributed by atoms with Crippen LogP contribution in [0.1, 0.15) is 0 Å². The molecule has 0 spiro atoms. The molecule has 0 aromatic heterocycles. The first-order chi connectivity index (χ1) is 34.7.